The summed E-state index contributed by atoms with van der Waals surface area (Å²) >= 11 is 0. The molecule has 1 saturated carbocycles. The van der Waals surface area contributed by atoms with E-state index >= 15 is 0 Å². The molecule has 1 aromatic heterocycles. The van der Waals surface area contributed by atoms with Gasteiger partial charge in [0, 0.05) is 21.9 Å². The molecule has 1 fully saturated rings. The fourth-order valence-corrected chi connectivity index (χ4v) is 7.67. The Morgan fingerprint density at radius 3 is 1.45 bits per heavy atom. The molecule has 1 unspecified atom stereocenters. The maximum absolute atomic E-state index is 7.04. The molecule has 1 heterocycles. The highest BCUT2D eigenvalue weighted by molar-refractivity contribution is 7.31. The molecule has 234 valence electrons. The highest BCUT2D eigenvalue weighted by atomic mass is 31.1. The van der Waals surface area contributed by atoms with Crippen molar-refractivity contribution in [2.75, 3.05) is 0 Å². The fourth-order valence-electron chi connectivity index (χ4n) is 6.39. The minimum atomic E-state index is -1.67. The van der Waals surface area contributed by atoms with Crippen molar-refractivity contribution < 1.29 is 12.9 Å². The first-order chi connectivity index (χ1) is 19.1. The third-order valence-corrected chi connectivity index (χ3v) is 10.4. The first-order valence-electron chi connectivity index (χ1n) is 16.3. The largest absolute Gasteiger partial charge is 0.399 e. The van der Waals surface area contributed by atoms with E-state index in [-0.39, 0.29) is 27.8 Å². The zero-order valence-electron chi connectivity index (χ0n) is 29.4. The van der Waals surface area contributed by atoms with Gasteiger partial charge in [0.15, 0.2) is 0 Å². The minimum absolute atomic E-state index is 0.0131. The van der Waals surface area contributed by atoms with Crippen molar-refractivity contribution in [3.63, 3.8) is 0 Å². The van der Waals surface area contributed by atoms with Gasteiger partial charge in [-0.2, -0.15) is 0 Å². The SMILES string of the molecule is CC(C)C1CC[C@@H](C)C[C@H]1Op1oc2c(C(C)(C)C)cc(C(C)(C)C)cc2c2cc(C(C)(C)C)cc(C(C)(C)C)c2o1. The van der Waals surface area contributed by atoms with Gasteiger partial charge in [-0.1, -0.05) is 122 Å². The van der Waals surface area contributed by atoms with Crippen LogP contribution in [0.3, 0.4) is 0 Å². The van der Waals surface area contributed by atoms with Gasteiger partial charge in [-0.15, -0.1) is 0 Å². The van der Waals surface area contributed by atoms with Crippen molar-refractivity contribution in [2.45, 2.75) is 151 Å². The molecule has 42 heavy (non-hydrogen) atoms. The molecule has 0 amide bonds. The van der Waals surface area contributed by atoms with Gasteiger partial charge in [-0.3, -0.25) is 4.52 Å². The molecule has 2 aromatic carbocycles. The molecule has 0 saturated heterocycles. The smallest absolute Gasteiger partial charge is 0.387 e. The van der Waals surface area contributed by atoms with Crippen molar-refractivity contribution in [2.24, 2.45) is 17.8 Å². The average molecular weight is 595 g/mol. The summed E-state index contributed by atoms with van der Waals surface area (Å²) in [5.74, 6) is 1.71. The normalized spacial score (nSPS) is 21.0. The van der Waals surface area contributed by atoms with Gasteiger partial charge >= 0.3 is 8.24 Å². The molecule has 1 aliphatic rings. The predicted molar refractivity (Wildman–Crippen MR) is 183 cm³/mol. The van der Waals surface area contributed by atoms with E-state index in [0.29, 0.717) is 17.8 Å². The third kappa shape index (κ3) is 6.99. The standard InChI is InChI=1S/C38H59O3P/c1-23(2)27-17-16-24(3)18-32(27)39-42-40-33-28(19-25(35(4,5)6)21-30(33)37(10,11)12)29-20-26(36(7,8)9)22-31(34(29)41-42)38(13,14)15/h19-24,27,32H,16-18H2,1-15H3/t24-,27?,32-/m1/s1. The maximum atomic E-state index is 7.04. The lowest BCUT2D eigenvalue weighted by Gasteiger charge is -2.35. The number of rotatable bonds is 3. The Morgan fingerprint density at radius 2 is 1.10 bits per heavy atom. The first-order valence-corrected chi connectivity index (χ1v) is 17.4. The monoisotopic (exact) mass is 594 g/mol. The summed E-state index contributed by atoms with van der Waals surface area (Å²) < 4.78 is 21.1. The van der Waals surface area contributed by atoms with Gasteiger partial charge in [-0.25, -0.2) is 0 Å². The molecule has 0 aliphatic heterocycles. The predicted octanol–water partition coefficient (Wildman–Crippen LogP) is 12.4. The summed E-state index contributed by atoms with van der Waals surface area (Å²) in [4.78, 5) is 0. The molecular formula is C38H59O3P. The summed E-state index contributed by atoms with van der Waals surface area (Å²) in [6, 6.07) is 9.47. The van der Waals surface area contributed by atoms with Crippen LogP contribution in [0.1, 0.15) is 145 Å². The molecule has 4 heteroatoms. The second-order valence-electron chi connectivity index (χ2n) is 17.7. The second kappa shape index (κ2) is 11.3. The molecule has 1 aliphatic carbocycles. The van der Waals surface area contributed by atoms with Crippen LogP contribution >= 0.6 is 8.24 Å². The zero-order chi connectivity index (χ0) is 31.6. The van der Waals surface area contributed by atoms with Gasteiger partial charge < -0.3 is 8.39 Å². The van der Waals surface area contributed by atoms with E-state index < -0.39 is 8.24 Å². The highest BCUT2D eigenvalue weighted by Gasteiger charge is 2.34. The van der Waals surface area contributed by atoms with Crippen LogP contribution in [0.2, 0.25) is 0 Å². The van der Waals surface area contributed by atoms with Crippen LogP contribution in [0.4, 0.5) is 0 Å². The van der Waals surface area contributed by atoms with Crippen molar-refractivity contribution >= 4 is 30.2 Å². The maximum Gasteiger partial charge on any atom is 0.387 e. The molecule has 3 atom stereocenters. The van der Waals surface area contributed by atoms with Crippen LogP contribution in [-0.2, 0) is 21.7 Å². The van der Waals surface area contributed by atoms with Crippen LogP contribution in [0.5, 0.6) is 0 Å². The lowest BCUT2D eigenvalue weighted by atomic mass is 9.75. The van der Waals surface area contributed by atoms with E-state index in [9.17, 15) is 0 Å². The number of hydrogen-bond acceptors (Lipinski definition) is 3. The first kappa shape index (κ1) is 33.2. The van der Waals surface area contributed by atoms with Gasteiger partial charge in [0.2, 0.25) is 0 Å². The Labute approximate surface area is 257 Å². The lowest BCUT2D eigenvalue weighted by molar-refractivity contribution is 0.0746. The van der Waals surface area contributed by atoms with E-state index in [1.165, 1.54) is 35.1 Å². The summed E-state index contributed by atoms with van der Waals surface area (Å²) in [6.45, 7) is 34.6. The van der Waals surface area contributed by atoms with E-state index in [0.717, 1.165) is 28.4 Å². The summed E-state index contributed by atoms with van der Waals surface area (Å²) in [5.41, 5.74) is 6.65. The summed E-state index contributed by atoms with van der Waals surface area (Å²) in [7, 11) is -1.67. The molecule has 0 bridgehead atoms. The van der Waals surface area contributed by atoms with E-state index in [2.05, 4.69) is 128 Å². The minimum Gasteiger partial charge on any atom is -0.399 e. The fraction of sp³-hybridized carbons (Fsp3) is 0.684. The second-order valence-corrected chi connectivity index (χ2v) is 18.7. The number of fused-ring (bicyclic) bond motifs is 3. The molecule has 4 rings (SSSR count). The van der Waals surface area contributed by atoms with Crippen molar-refractivity contribution in [1.29, 1.82) is 0 Å². The van der Waals surface area contributed by atoms with E-state index in [4.69, 9.17) is 12.9 Å². The van der Waals surface area contributed by atoms with Crippen LogP contribution in [-0.4, -0.2) is 6.10 Å². The highest BCUT2D eigenvalue weighted by Crippen LogP contribution is 2.46. The molecule has 0 spiro atoms. The Bertz CT molecular complexity index is 1370. The van der Waals surface area contributed by atoms with E-state index in [1.807, 2.05) is 0 Å². The van der Waals surface area contributed by atoms with E-state index in [1.54, 1.807) is 0 Å². The Balaban J connectivity index is 2.21. The van der Waals surface area contributed by atoms with Crippen molar-refractivity contribution in [1.82, 2.24) is 0 Å². The van der Waals surface area contributed by atoms with Gasteiger partial charge in [0.25, 0.3) is 0 Å². The number of benzene rings is 2. The quantitative estimate of drug-likeness (QED) is 0.302. The molecule has 0 N–H and O–H groups in total. The van der Waals surface area contributed by atoms with Crippen LogP contribution < -0.4 is 4.52 Å². The van der Waals surface area contributed by atoms with Crippen molar-refractivity contribution in [3.8, 4) is 0 Å². The Hall–Kier alpha value is -1.70. The molecule has 0 radical (unpaired) electrons. The molecule has 3 aromatic rings. The third-order valence-electron chi connectivity index (χ3n) is 9.33. The Kier molecular flexibility index (Phi) is 8.96. The van der Waals surface area contributed by atoms with Crippen LogP contribution in [0, 0.1) is 17.8 Å². The summed E-state index contributed by atoms with van der Waals surface area (Å²) in [6.07, 6.45) is 3.65. The Morgan fingerprint density at radius 1 is 0.667 bits per heavy atom. The van der Waals surface area contributed by atoms with Crippen molar-refractivity contribution in [3.05, 3.63) is 46.5 Å². The molecule has 3 nitrogen and oxygen atoms in total. The summed E-state index contributed by atoms with van der Waals surface area (Å²) in [5, 5.41) is 2.26. The van der Waals surface area contributed by atoms with Gasteiger partial charge in [0.1, 0.15) is 11.2 Å². The zero-order valence-corrected chi connectivity index (χ0v) is 30.3. The lowest BCUT2D eigenvalue weighted by Crippen LogP contribution is -2.35. The van der Waals surface area contributed by atoms with Crippen LogP contribution in [0.25, 0.3) is 21.9 Å². The average Bonchev–Trinajstić information content (AvgIpc) is 2.96. The van der Waals surface area contributed by atoms with Crippen LogP contribution in [0.15, 0.2) is 32.7 Å². The topological polar surface area (TPSA) is 35.5 Å². The van der Waals surface area contributed by atoms with Gasteiger partial charge in [-0.05, 0) is 75.5 Å². The molecular weight excluding hydrogens is 535 g/mol. The van der Waals surface area contributed by atoms with Gasteiger partial charge in [0.05, 0.1) is 6.10 Å². The number of hydrogen-bond donors (Lipinski definition) is 0.